The smallest absolute Gasteiger partial charge is 0.0348 e. The summed E-state index contributed by atoms with van der Waals surface area (Å²) < 4.78 is 0. The van der Waals surface area contributed by atoms with Crippen LogP contribution in [-0.2, 0) is 0 Å². The van der Waals surface area contributed by atoms with Crippen molar-refractivity contribution in [3.8, 4) is 0 Å². The molecule has 0 aromatic heterocycles. The maximum atomic E-state index is 2.21. The summed E-state index contributed by atoms with van der Waals surface area (Å²) in [7, 11) is 0. The van der Waals surface area contributed by atoms with Gasteiger partial charge in [-0.1, -0.05) is 24.3 Å². The predicted octanol–water partition coefficient (Wildman–Crippen LogP) is 3.31. The van der Waals surface area contributed by atoms with E-state index in [-0.39, 0.29) is 0 Å². The summed E-state index contributed by atoms with van der Waals surface area (Å²) >= 11 is 0. The highest BCUT2D eigenvalue weighted by Gasteiger charge is 1.76. The largest absolute Gasteiger partial charge is 0.0917 e. The van der Waals surface area contributed by atoms with Gasteiger partial charge in [0.2, 0.25) is 0 Å². The number of rotatable bonds is 4. The van der Waals surface area contributed by atoms with Crippen LogP contribution in [0.5, 0.6) is 0 Å². The number of allylic oxidation sites excluding steroid dienone is 4. The number of hydrogen-bond acceptors (Lipinski definition) is 0. The van der Waals surface area contributed by atoms with E-state index in [0.29, 0.717) is 0 Å². The van der Waals surface area contributed by atoms with Crippen molar-refractivity contribution < 1.29 is 0 Å². The van der Waals surface area contributed by atoms with Gasteiger partial charge >= 0.3 is 0 Å². The molecule has 0 rings (SSSR count). The second-order valence-electron chi connectivity index (χ2n) is 2.07. The fraction of sp³-hybridized carbons (Fsp3) is 0.556. The van der Waals surface area contributed by atoms with Crippen LogP contribution in [-0.4, -0.2) is 0 Å². The van der Waals surface area contributed by atoms with E-state index in [9.17, 15) is 0 Å². The van der Waals surface area contributed by atoms with Gasteiger partial charge in [-0.25, -0.2) is 0 Å². The first kappa shape index (κ1) is 8.48. The zero-order chi connectivity index (χ0) is 6.95. The lowest BCUT2D eigenvalue weighted by molar-refractivity contribution is 0.866. The third kappa shape index (κ3) is 7.48. The molecule has 0 aliphatic carbocycles. The molecule has 0 radical (unpaired) electrons. The van der Waals surface area contributed by atoms with Crippen LogP contribution in [0.4, 0.5) is 0 Å². The molecular weight excluding hydrogens is 108 g/mol. The molecule has 52 valence electrons. The van der Waals surface area contributed by atoms with E-state index in [2.05, 4.69) is 38.2 Å². The van der Waals surface area contributed by atoms with Crippen molar-refractivity contribution in [3.63, 3.8) is 0 Å². The van der Waals surface area contributed by atoms with Gasteiger partial charge in [0.1, 0.15) is 0 Å². The minimum atomic E-state index is 1.22. The van der Waals surface area contributed by atoms with Gasteiger partial charge in [0.15, 0.2) is 0 Å². The Kier molecular flexibility index (Phi) is 7.05. The van der Waals surface area contributed by atoms with Crippen LogP contribution < -0.4 is 0 Å². The topological polar surface area (TPSA) is 0 Å². The molecule has 0 unspecified atom stereocenters. The average Bonchev–Trinajstić information content (AvgIpc) is 1.89. The third-order valence-electron chi connectivity index (χ3n) is 1.21. The Morgan fingerprint density at radius 1 is 0.889 bits per heavy atom. The molecule has 0 atom stereocenters. The molecular formula is C9H16. The van der Waals surface area contributed by atoms with Crippen LogP contribution in [0.25, 0.3) is 0 Å². The molecule has 0 saturated carbocycles. The highest BCUT2D eigenvalue weighted by molar-refractivity contribution is 4.81. The molecule has 0 saturated heterocycles. The molecule has 0 amide bonds. The number of unbranched alkanes of at least 4 members (excludes halogenated alkanes) is 2. The average molecular weight is 124 g/mol. The molecule has 0 nitrogen and oxygen atoms in total. The monoisotopic (exact) mass is 124 g/mol. The summed E-state index contributed by atoms with van der Waals surface area (Å²) in [5.74, 6) is 0. The molecule has 0 aromatic carbocycles. The Morgan fingerprint density at radius 3 is 1.67 bits per heavy atom. The van der Waals surface area contributed by atoms with Crippen molar-refractivity contribution in [2.24, 2.45) is 0 Å². The maximum absolute atomic E-state index is 2.21. The van der Waals surface area contributed by atoms with E-state index in [1.165, 1.54) is 19.3 Å². The molecule has 0 N–H and O–H groups in total. The summed E-state index contributed by atoms with van der Waals surface area (Å²) in [6.45, 7) is 4.13. The van der Waals surface area contributed by atoms with Gasteiger partial charge in [0.05, 0.1) is 0 Å². The zero-order valence-electron chi connectivity index (χ0n) is 6.43. The SMILES string of the molecule is CC=CCCC/C=C/C. The van der Waals surface area contributed by atoms with Crippen LogP contribution >= 0.6 is 0 Å². The molecule has 0 spiro atoms. The minimum Gasteiger partial charge on any atom is -0.0917 e. The van der Waals surface area contributed by atoms with Gasteiger partial charge in [0.25, 0.3) is 0 Å². The van der Waals surface area contributed by atoms with Crippen LogP contribution in [0, 0.1) is 0 Å². The van der Waals surface area contributed by atoms with E-state index in [1.54, 1.807) is 0 Å². The Labute approximate surface area is 58.3 Å². The Bertz CT molecular complexity index is 76.2. The molecule has 9 heavy (non-hydrogen) atoms. The van der Waals surface area contributed by atoms with Gasteiger partial charge < -0.3 is 0 Å². The van der Waals surface area contributed by atoms with Gasteiger partial charge in [-0.3, -0.25) is 0 Å². The first-order valence-electron chi connectivity index (χ1n) is 3.64. The Hall–Kier alpha value is -0.520. The lowest BCUT2D eigenvalue weighted by Crippen LogP contribution is -1.66. The van der Waals surface area contributed by atoms with E-state index < -0.39 is 0 Å². The van der Waals surface area contributed by atoms with Crippen molar-refractivity contribution in [1.82, 2.24) is 0 Å². The Balaban J connectivity index is 2.91. The summed E-state index contributed by atoms with van der Waals surface area (Å²) in [6.07, 6.45) is 12.4. The normalized spacial score (nSPS) is 11.8. The van der Waals surface area contributed by atoms with Gasteiger partial charge in [-0.05, 0) is 33.1 Å². The first-order valence-corrected chi connectivity index (χ1v) is 3.64. The third-order valence-corrected chi connectivity index (χ3v) is 1.21. The Morgan fingerprint density at radius 2 is 1.33 bits per heavy atom. The summed E-state index contributed by atoms with van der Waals surface area (Å²) in [6, 6.07) is 0. The maximum Gasteiger partial charge on any atom is -0.0348 e. The quantitative estimate of drug-likeness (QED) is 0.398. The lowest BCUT2D eigenvalue weighted by atomic mass is 10.2. The predicted molar refractivity (Wildman–Crippen MR) is 43.5 cm³/mol. The van der Waals surface area contributed by atoms with E-state index in [4.69, 9.17) is 0 Å². The molecule has 0 fully saturated rings. The second-order valence-corrected chi connectivity index (χ2v) is 2.07. The molecule has 0 bridgehead atoms. The van der Waals surface area contributed by atoms with Gasteiger partial charge in [-0.15, -0.1) is 0 Å². The summed E-state index contributed by atoms with van der Waals surface area (Å²) in [5, 5.41) is 0. The molecule has 0 aliphatic rings. The van der Waals surface area contributed by atoms with E-state index in [1.807, 2.05) is 0 Å². The highest BCUT2D eigenvalue weighted by atomic mass is 13.8. The fourth-order valence-corrected chi connectivity index (χ4v) is 0.687. The summed E-state index contributed by atoms with van der Waals surface area (Å²) in [4.78, 5) is 0. The second kappa shape index (κ2) is 7.48. The van der Waals surface area contributed by atoms with Crippen LogP contribution in [0.2, 0.25) is 0 Å². The van der Waals surface area contributed by atoms with E-state index in [0.717, 1.165) is 0 Å². The van der Waals surface area contributed by atoms with Crippen molar-refractivity contribution in [3.05, 3.63) is 24.3 Å². The van der Waals surface area contributed by atoms with Gasteiger partial charge in [0, 0.05) is 0 Å². The first-order chi connectivity index (χ1) is 4.41. The standard InChI is InChI=1S/C9H16/c1-3-5-7-9-8-6-4-2/h3-6H,7-9H2,1-2H3/b5-3+,6-4?. The highest BCUT2D eigenvalue weighted by Crippen LogP contribution is 1.96. The van der Waals surface area contributed by atoms with Gasteiger partial charge in [-0.2, -0.15) is 0 Å². The van der Waals surface area contributed by atoms with Crippen molar-refractivity contribution >= 4 is 0 Å². The molecule has 0 aromatic rings. The fourth-order valence-electron chi connectivity index (χ4n) is 0.687. The van der Waals surface area contributed by atoms with Crippen molar-refractivity contribution in [2.45, 2.75) is 33.1 Å². The molecule has 0 heterocycles. The molecule has 0 heteroatoms. The minimum absolute atomic E-state index is 1.22. The molecule has 0 aliphatic heterocycles. The van der Waals surface area contributed by atoms with Crippen LogP contribution in [0.1, 0.15) is 33.1 Å². The van der Waals surface area contributed by atoms with Crippen LogP contribution in [0.15, 0.2) is 24.3 Å². The number of hydrogen-bond donors (Lipinski definition) is 0. The lowest BCUT2D eigenvalue weighted by Gasteiger charge is -1.86. The van der Waals surface area contributed by atoms with Crippen molar-refractivity contribution in [1.29, 1.82) is 0 Å². The summed E-state index contributed by atoms with van der Waals surface area (Å²) in [5.41, 5.74) is 0. The zero-order valence-corrected chi connectivity index (χ0v) is 6.43. The van der Waals surface area contributed by atoms with Crippen LogP contribution in [0.3, 0.4) is 0 Å². The van der Waals surface area contributed by atoms with Crippen molar-refractivity contribution in [2.75, 3.05) is 0 Å². The van der Waals surface area contributed by atoms with E-state index >= 15 is 0 Å².